The number of rotatable bonds is 5. The first-order valence-corrected chi connectivity index (χ1v) is 9.58. The van der Waals surface area contributed by atoms with Crippen molar-refractivity contribution in [2.45, 2.75) is 12.6 Å². The Bertz CT molecular complexity index is 1070. The highest BCUT2D eigenvalue weighted by Crippen LogP contribution is 2.39. The molecule has 0 bridgehead atoms. The monoisotopic (exact) mass is 406 g/mol. The number of carbonyl (C=O) groups excluding carboxylic acids is 2. The predicted octanol–water partition coefficient (Wildman–Crippen LogP) is 4.22. The SMILES string of the molecule is NC(=O)c1ccccc1CN(C(=O)c1ccccc1)C1COc2ccc(Cl)cc21. The predicted molar refractivity (Wildman–Crippen MR) is 111 cm³/mol. The highest BCUT2D eigenvalue weighted by Gasteiger charge is 2.34. The Hall–Kier alpha value is -3.31. The normalized spacial score (nSPS) is 14.7. The number of nitrogens with zero attached hydrogens (tertiary/aromatic N) is 1. The Kier molecular flexibility index (Phi) is 5.23. The number of fused-ring (bicyclic) bond motifs is 1. The van der Waals surface area contributed by atoms with Crippen LogP contribution < -0.4 is 10.5 Å². The second kappa shape index (κ2) is 7.97. The van der Waals surface area contributed by atoms with Crippen molar-refractivity contribution in [2.24, 2.45) is 5.73 Å². The van der Waals surface area contributed by atoms with E-state index in [0.29, 0.717) is 34.1 Å². The number of benzene rings is 3. The minimum absolute atomic E-state index is 0.161. The van der Waals surface area contributed by atoms with Crippen molar-refractivity contribution in [2.75, 3.05) is 6.61 Å². The molecule has 0 radical (unpaired) electrons. The van der Waals surface area contributed by atoms with E-state index in [0.717, 1.165) is 5.56 Å². The zero-order valence-corrected chi connectivity index (χ0v) is 16.3. The third kappa shape index (κ3) is 3.82. The Labute approximate surface area is 173 Å². The summed E-state index contributed by atoms with van der Waals surface area (Å²) >= 11 is 6.20. The maximum atomic E-state index is 13.4. The standard InChI is InChI=1S/C23H19ClN2O3/c24-17-10-11-21-19(12-17)20(14-29-21)26(23(28)15-6-2-1-3-7-15)13-16-8-4-5-9-18(16)22(25)27/h1-12,20H,13-14H2,(H2,25,27). The van der Waals surface area contributed by atoms with Gasteiger partial charge in [0.1, 0.15) is 12.4 Å². The molecule has 0 aromatic heterocycles. The van der Waals surface area contributed by atoms with Crippen molar-refractivity contribution in [3.8, 4) is 5.75 Å². The summed E-state index contributed by atoms with van der Waals surface area (Å²) in [6.45, 7) is 0.528. The molecule has 3 aromatic rings. The molecule has 1 unspecified atom stereocenters. The molecule has 0 saturated heterocycles. The topological polar surface area (TPSA) is 72.6 Å². The van der Waals surface area contributed by atoms with Gasteiger partial charge in [-0.05, 0) is 42.0 Å². The summed E-state index contributed by atoms with van der Waals surface area (Å²) < 4.78 is 5.80. The van der Waals surface area contributed by atoms with Gasteiger partial charge in [0.15, 0.2) is 0 Å². The van der Waals surface area contributed by atoms with Gasteiger partial charge in [-0.15, -0.1) is 0 Å². The van der Waals surface area contributed by atoms with E-state index in [-0.39, 0.29) is 18.5 Å². The fourth-order valence-electron chi connectivity index (χ4n) is 3.58. The van der Waals surface area contributed by atoms with Gasteiger partial charge in [0, 0.05) is 28.3 Å². The summed E-state index contributed by atoms with van der Waals surface area (Å²) in [5.74, 6) is 0.0126. The molecule has 1 heterocycles. The summed E-state index contributed by atoms with van der Waals surface area (Å²) in [6, 6.07) is 21.1. The molecule has 4 rings (SSSR count). The number of ether oxygens (including phenoxy) is 1. The van der Waals surface area contributed by atoms with Gasteiger partial charge in [0.05, 0.1) is 6.04 Å². The number of halogens is 1. The van der Waals surface area contributed by atoms with Crippen LogP contribution in [0.15, 0.2) is 72.8 Å². The molecule has 0 aliphatic carbocycles. The van der Waals surface area contributed by atoms with E-state index in [4.69, 9.17) is 22.1 Å². The third-order valence-corrected chi connectivity index (χ3v) is 5.24. The molecule has 3 aromatic carbocycles. The number of primary amides is 1. The van der Waals surface area contributed by atoms with Crippen LogP contribution in [0.1, 0.15) is 37.9 Å². The van der Waals surface area contributed by atoms with Crippen LogP contribution in [0.2, 0.25) is 5.02 Å². The van der Waals surface area contributed by atoms with Crippen LogP contribution in [0.4, 0.5) is 0 Å². The second-order valence-electron chi connectivity index (χ2n) is 6.83. The number of carbonyl (C=O) groups is 2. The zero-order valence-electron chi connectivity index (χ0n) is 15.5. The maximum absolute atomic E-state index is 13.4. The Morgan fingerprint density at radius 1 is 1.03 bits per heavy atom. The van der Waals surface area contributed by atoms with E-state index < -0.39 is 5.91 Å². The van der Waals surface area contributed by atoms with E-state index in [9.17, 15) is 9.59 Å². The van der Waals surface area contributed by atoms with Gasteiger partial charge in [-0.2, -0.15) is 0 Å². The lowest BCUT2D eigenvalue weighted by molar-refractivity contribution is 0.0628. The Morgan fingerprint density at radius 2 is 1.76 bits per heavy atom. The van der Waals surface area contributed by atoms with Crippen molar-refractivity contribution in [1.82, 2.24) is 4.90 Å². The van der Waals surface area contributed by atoms with Gasteiger partial charge in [-0.3, -0.25) is 9.59 Å². The van der Waals surface area contributed by atoms with Crippen LogP contribution in [0, 0.1) is 0 Å². The molecule has 0 saturated carbocycles. The molecule has 0 fully saturated rings. The van der Waals surface area contributed by atoms with Crippen LogP contribution in [-0.2, 0) is 6.54 Å². The van der Waals surface area contributed by atoms with E-state index in [2.05, 4.69) is 0 Å². The van der Waals surface area contributed by atoms with Gasteiger partial charge in [0.2, 0.25) is 5.91 Å². The average Bonchev–Trinajstić information content (AvgIpc) is 3.15. The largest absolute Gasteiger partial charge is 0.491 e. The van der Waals surface area contributed by atoms with Crippen molar-refractivity contribution in [3.05, 3.63) is 100 Å². The molecule has 2 N–H and O–H groups in total. The van der Waals surface area contributed by atoms with Crippen molar-refractivity contribution in [1.29, 1.82) is 0 Å². The Morgan fingerprint density at radius 3 is 2.52 bits per heavy atom. The number of hydrogen-bond donors (Lipinski definition) is 1. The van der Waals surface area contributed by atoms with E-state index >= 15 is 0 Å². The van der Waals surface area contributed by atoms with E-state index in [1.54, 1.807) is 47.4 Å². The highest BCUT2D eigenvalue weighted by atomic mass is 35.5. The van der Waals surface area contributed by atoms with Crippen LogP contribution in [-0.4, -0.2) is 23.3 Å². The van der Waals surface area contributed by atoms with E-state index in [1.807, 2.05) is 30.3 Å². The summed E-state index contributed by atoms with van der Waals surface area (Å²) in [5, 5.41) is 0.573. The fourth-order valence-corrected chi connectivity index (χ4v) is 3.76. The Balaban J connectivity index is 1.77. The van der Waals surface area contributed by atoms with Gasteiger partial charge >= 0.3 is 0 Å². The first-order valence-electron chi connectivity index (χ1n) is 9.20. The van der Waals surface area contributed by atoms with Crippen LogP contribution in [0.3, 0.4) is 0 Å². The van der Waals surface area contributed by atoms with Gasteiger partial charge in [-0.1, -0.05) is 48.0 Å². The second-order valence-corrected chi connectivity index (χ2v) is 7.27. The summed E-state index contributed by atoms with van der Waals surface area (Å²) in [6.07, 6.45) is 0. The van der Waals surface area contributed by atoms with Crippen LogP contribution in [0.25, 0.3) is 0 Å². The highest BCUT2D eigenvalue weighted by molar-refractivity contribution is 6.30. The smallest absolute Gasteiger partial charge is 0.254 e. The summed E-state index contributed by atoms with van der Waals surface area (Å²) in [4.78, 5) is 27.0. The van der Waals surface area contributed by atoms with Gasteiger partial charge in [-0.25, -0.2) is 0 Å². The lowest BCUT2D eigenvalue weighted by atomic mass is 10.0. The average molecular weight is 407 g/mol. The minimum atomic E-state index is -0.529. The van der Waals surface area contributed by atoms with Crippen molar-refractivity contribution >= 4 is 23.4 Å². The molecule has 6 heteroatoms. The lowest BCUT2D eigenvalue weighted by Gasteiger charge is -2.29. The van der Waals surface area contributed by atoms with E-state index in [1.165, 1.54) is 0 Å². The fraction of sp³-hybridized carbons (Fsp3) is 0.130. The number of nitrogens with two attached hydrogens (primary N) is 1. The first-order chi connectivity index (χ1) is 14.0. The molecule has 0 spiro atoms. The molecule has 146 valence electrons. The molecular formula is C23H19ClN2O3. The van der Waals surface area contributed by atoms with Crippen LogP contribution >= 0.6 is 11.6 Å². The van der Waals surface area contributed by atoms with Gasteiger partial charge in [0.25, 0.3) is 5.91 Å². The molecular weight excluding hydrogens is 388 g/mol. The lowest BCUT2D eigenvalue weighted by Crippen LogP contribution is -2.36. The van der Waals surface area contributed by atoms with Gasteiger partial charge < -0.3 is 15.4 Å². The number of amides is 2. The molecule has 1 aliphatic rings. The van der Waals surface area contributed by atoms with Crippen molar-refractivity contribution in [3.63, 3.8) is 0 Å². The zero-order chi connectivity index (χ0) is 20.4. The molecule has 5 nitrogen and oxygen atoms in total. The quantitative estimate of drug-likeness (QED) is 0.689. The molecule has 2 amide bonds. The van der Waals surface area contributed by atoms with Crippen molar-refractivity contribution < 1.29 is 14.3 Å². The summed E-state index contributed by atoms with van der Waals surface area (Å²) in [7, 11) is 0. The molecule has 1 atom stereocenters. The maximum Gasteiger partial charge on any atom is 0.254 e. The molecule has 1 aliphatic heterocycles. The summed E-state index contributed by atoms with van der Waals surface area (Å²) in [5.41, 5.74) is 8.02. The first kappa shape index (κ1) is 19.0. The number of hydrogen-bond acceptors (Lipinski definition) is 3. The van der Waals surface area contributed by atoms with Crippen LogP contribution in [0.5, 0.6) is 5.75 Å². The minimum Gasteiger partial charge on any atom is -0.491 e. The third-order valence-electron chi connectivity index (χ3n) is 5.01. The molecule has 29 heavy (non-hydrogen) atoms.